The first-order valence-electron chi connectivity index (χ1n) is 7.91. The molecule has 0 aromatic carbocycles. The quantitative estimate of drug-likeness (QED) is 0.930. The van der Waals surface area contributed by atoms with E-state index < -0.39 is 0 Å². The van der Waals surface area contributed by atoms with Crippen LogP contribution in [0, 0.1) is 13.8 Å². The molecule has 1 aliphatic heterocycles. The standard InChI is InChI=1S/C16H21N5OS/c1-4-14(22)21-7-5-6-12(21)15-18-10(2)8-13(19-15)20-16-17-9-11(3)23-16/h8-9,12H,4-7H2,1-3H3,(H,17,18,19,20)/t12-/m0/s1. The number of hydrogen-bond donors (Lipinski definition) is 1. The number of aryl methyl sites for hydroxylation is 2. The van der Waals surface area contributed by atoms with Crippen LogP contribution in [0.25, 0.3) is 0 Å². The molecule has 1 atom stereocenters. The molecule has 122 valence electrons. The molecule has 2 aromatic heterocycles. The highest BCUT2D eigenvalue weighted by Crippen LogP contribution is 2.31. The number of carbonyl (C=O) groups excluding carboxylic acids is 1. The Morgan fingerprint density at radius 2 is 2.26 bits per heavy atom. The maximum absolute atomic E-state index is 12.1. The van der Waals surface area contributed by atoms with Gasteiger partial charge in [-0.1, -0.05) is 6.92 Å². The van der Waals surface area contributed by atoms with E-state index in [0.717, 1.165) is 46.7 Å². The smallest absolute Gasteiger partial charge is 0.222 e. The highest BCUT2D eigenvalue weighted by molar-refractivity contribution is 7.15. The predicted octanol–water partition coefficient (Wildman–Crippen LogP) is 3.37. The number of amides is 1. The average molecular weight is 331 g/mol. The molecule has 0 bridgehead atoms. The van der Waals surface area contributed by atoms with Crippen LogP contribution in [0.15, 0.2) is 12.3 Å². The number of nitrogens with one attached hydrogen (secondary N) is 1. The molecule has 0 aliphatic carbocycles. The fourth-order valence-electron chi connectivity index (χ4n) is 2.86. The van der Waals surface area contributed by atoms with Gasteiger partial charge in [-0.25, -0.2) is 15.0 Å². The Kier molecular flexibility index (Phi) is 4.56. The lowest BCUT2D eigenvalue weighted by atomic mass is 10.2. The monoisotopic (exact) mass is 331 g/mol. The molecule has 3 rings (SSSR count). The first kappa shape index (κ1) is 15.9. The minimum Gasteiger partial charge on any atom is -0.332 e. The summed E-state index contributed by atoms with van der Waals surface area (Å²) in [5, 5.41) is 4.06. The third kappa shape index (κ3) is 3.50. The summed E-state index contributed by atoms with van der Waals surface area (Å²) < 4.78 is 0. The first-order chi connectivity index (χ1) is 11.1. The van der Waals surface area contributed by atoms with Crippen LogP contribution in [-0.2, 0) is 4.79 Å². The van der Waals surface area contributed by atoms with E-state index in [1.165, 1.54) is 0 Å². The zero-order chi connectivity index (χ0) is 16.4. The van der Waals surface area contributed by atoms with Gasteiger partial charge in [0.2, 0.25) is 5.91 Å². The van der Waals surface area contributed by atoms with Gasteiger partial charge in [0, 0.05) is 35.8 Å². The van der Waals surface area contributed by atoms with Crippen molar-refractivity contribution in [3.63, 3.8) is 0 Å². The number of thiazole rings is 1. The van der Waals surface area contributed by atoms with E-state index in [9.17, 15) is 4.79 Å². The molecule has 1 aliphatic rings. The fourth-order valence-corrected chi connectivity index (χ4v) is 3.53. The summed E-state index contributed by atoms with van der Waals surface area (Å²) in [6.45, 7) is 6.66. The number of anilines is 2. The lowest BCUT2D eigenvalue weighted by Crippen LogP contribution is -2.31. The molecule has 23 heavy (non-hydrogen) atoms. The molecule has 7 heteroatoms. The molecule has 1 fully saturated rings. The van der Waals surface area contributed by atoms with Crippen LogP contribution in [-0.4, -0.2) is 32.3 Å². The Balaban J connectivity index is 1.86. The van der Waals surface area contributed by atoms with E-state index in [2.05, 4.69) is 20.3 Å². The summed E-state index contributed by atoms with van der Waals surface area (Å²) in [4.78, 5) is 28.7. The maximum atomic E-state index is 12.1. The maximum Gasteiger partial charge on any atom is 0.222 e. The zero-order valence-corrected chi connectivity index (χ0v) is 14.5. The third-order valence-corrected chi connectivity index (χ3v) is 4.73. The number of nitrogens with zero attached hydrogens (tertiary/aromatic N) is 4. The average Bonchev–Trinajstić information content (AvgIpc) is 3.15. The van der Waals surface area contributed by atoms with Crippen LogP contribution >= 0.6 is 11.3 Å². The summed E-state index contributed by atoms with van der Waals surface area (Å²) in [6, 6.07) is 1.89. The molecule has 1 saturated heterocycles. The predicted molar refractivity (Wildman–Crippen MR) is 90.9 cm³/mol. The highest BCUT2D eigenvalue weighted by Gasteiger charge is 2.31. The van der Waals surface area contributed by atoms with Gasteiger partial charge < -0.3 is 10.2 Å². The first-order valence-corrected chi connectivity index (χ1v) is 8.73. The number of carbonyl (C=O) groups is 1. The summed E-state index contributed by atoms with van der Waals surface area (Å²) in [5.74, 6) is 1.63. The van der Waals surface area contributed by atoms with E-state index in [1.54, 1.807) is 11.3 Å². The molecule has 0 spiro atoms. The van der Waals surface area contributed by atoms with E-state index in [4.69, 9.17) is 0 Å². The van der Waals surface area contributed by atoms with Gasteiger partial charge in [0.1, 0.15) is 5.82 Å². The molecule has 6 nitrogen and oxygen atoms in total. The van der Waals surface area contributed by atoms with Crippen LogP contribution in [0.1, 0.15) is 48.6 Å². The van der Waals surface area contributed by atoms with E-state index in [1.807, 2.05) is 37.9 Å². The molecule has 0 unspecified atom stereocenters. The van der Waals surface area contributed by atoms with Gasteiger partial charge in [0.05, 0.1) is 6.04 Å². The lowest BCUT2D eigenvalue weighted by molar-refractivity contribution is -0.131. The Labute approximate surface area is 140 Å². The zero-order valence-electron chi connectivity index (χ0n) is 13.7. The number of hydrogen-bond acceptors (Lipinski definition) is 6. The fraction of sp³-hybridized carbons (Fsp3) is 0.500. The Morgan fingerprint density at radius 1 is 1.43 bits per heavy atom. The SMILES string of the molecule is CCC(=O)N1CCC[C@H]1c1nc(C)cc(Nc2ncc(C)s2)n1. The van der Waals surface area contributed by atoms with Crippen LogP contribution in [0.5, 0.6) is 0 Å². The van der Waals surface area contributed by atoms with Gasteiger partial charge in [-0.15, -0.1) is 11.3 Å². The lowest BCUT2D eigenvalue weighted by Gasteiger charge is -2.23. The second-order valence-electron chi connectivity index (χ2n) is 5.75. The van der Waals surface area contributed by atoms with Gasteiger partial charge in [0.25, 0.3) is 0 Å². The number of rotatable bonds is 4. The number of likely N-dealkylation sites (tertiary alicyclic amines) is 1. The van der Waals surface area contributed by atoms with E-state index in [0.29, 0.717) is 6.42 Å². The minimum atomic E-state index is -0.0130. The molecular formula is C16H21N5OS. The van der Waals surface area contributed by atoms with Crippen molar-refractivity contribution >= 4 is 28.2 Å². The summed E-state index contributed by atoms with van der Waals surface area (Å²) in [5.41, 5.74) is 0.890. The second kappa shape index (κ2) is 6.62. The number of aromatic nitrogens is 3. The summed E-state index contributed by atoms with van der Waals surface area (Å²) >= 11 is 1.59. The molecule has 1 N–H and O–H groups in total. The second-order valence-corrected chi connectivity index (χ2v) is 6.99. The molecule has 1 amide bonds. The van der Waals surface area contributed by atoms with Crippen LogP contribution < -0.4 is 5.32 Å². The molecule has 0 radical (unpaired) electrons. The molecule has 2 aromatic rings. The van der Waals surface area contributed by atoms with Crippen molar-refractivity contribution in [2.45, 2.75) is 46.1 Å². The Morgan fingerprint density at radius 3 is 2.96 bits per heavy atom. The third-order valence-electron chi connectivity index (χ3n) is 3.90. The van der Waals surface area contributed by atoms with Crippen molar-refractivity contribution in [3.05, 3.63) is 28.7 Å². The van der Waals surface area contributed by atoms with Crippen molar-refractivity contribution in [2.75, 3.05) is 11.9 Å². The minimum absolute atomic E-state index is 0.0130. The van der Waals surface area contributed by atoms with Crippen LogP contribution in [0.2, 0.25) is 0 Å². The van der Waals surface area contributed by atoms with Crippen LogP contribution in [0.3, 0.4) is 0 Å². The molecular weight excluding hydrogens is 310 g/mol. The molecule has 3 heterocycles. The summed E-state index contributed by atoms with van der Waals surface area (Å²) in [6.07, 6.45) is 4.28. The largest absolute Gasteiger partial charge is 0.332 e. The molecule has 0 saturated carbocycles. The van der Waals surface area contributed by atoms with Gasteiger partial charge in [-0.3, -0.25) is 4.79 Å². The highest BCUT2D eigenvalue weighted by atomic mass is 32.1. The van der Waals surface area contributed by atoms with Crippen molar-refractivity contribution in [2.24, 2.45) is 0 Å². The summed E-state index contributed by atoms with van der Waals surface area (Å²) in [7, 11) is 0. The normalized spacial score (nSPS) is 17.5. The van der Waals surface area contributed by atoms with Crippen molar-refractivity contribution in [1.29, 1.82) is 0 Å². The van der Waals surface area contributed by atoms with Crippen LogP contribution in [0.4, 0.5) is 10.9 Å². The van der Waals surface area contributed by atoms with Gasteiger partial charge in [-0.2, -0.15) is 0 Å². The topological polar surface area (TPSA) is 71.0 Å². The van der Waals surface area contributed by atoms with Crippen molar-refractivity contribution in [3.8, 4) is 0 Å². The van der Waals surface area contributed by atoms with Gasteiger partial charge in [0.15, 0.2) is 11.0 Å². The Bertz CT molecular complexity index is 714. The van der Waals surface area contributed by atoms with E-state index in [-0.39, 0.29) is 11.9 Å². The van der Waals surface area contributed by atoms with Crippen molar-refractivity contribution < 1.29 is 4.79 Å². The van der Waals surface area contributed by atoms with Gasteiger partial charge >= 0.3 is 0 Å². The Hall–Kier alpha value is -2.02. The van der Waals surface area contributed by atoms with Gasteiger partial charge in [-0.05, 0) is 26.7 Å². The van der Waals surface area contributed by atoms with Crippen molar-refractivity contribution in [1.82, 2.24) is 19.9 Å². The van der Waals surface area contributed by atoms with E-state index >= 15 is 0 Å².